The molecule has 0 aliphatic carbocycles. The van der Waals surface area contributed by atoms with Gasteiger partial charge in [0.2, 0.25) is 5.91 Å². The second-order valence-electron chi connectivity index (χ2n) is 10.3. The van der Waals surface area contributed by atoms with Crippen LogP contribution in [0.1, 0.15) is 55.7 Å². The van der Waals surface area contributed by atoms with E-state index in [-0.39, 0.29) is 5.56 Å². The Kier molecular flexibility index (Phi) is 9.00. The van der Waals surface area contributed by atoms with Gasteiger partial charge < -0.3 is 24.7 Å². The van der Waals surface area contributed by atoms with Crippen molar-refractivity contribution in [2.45, 2.75) is 57.7 Å². The molecule has 2 aliphatic heterocycles. The van der Waals surface area contributed by atoms with Gasteiger partial charge in [0.15, 0.2) is 5.60 Å². The number of benzene rings is 2. The normalized spacial score (nSPS) is 24.2. The van der Waals surface area contributed by atoms with Gasteiger partial charge in [-0.05, 0) is 86.4 Å². The van der Waals surface area contributed by atoms with Gasteiger partial charge in [-0.3, -0.25) is 4.79 Å². The molecule has 0 unspecified atom stereocenters. The number of nitrogens with zero attached hydrogens (tertiary/aromatic N) is 2. The van der Waals surface area contributed by atoms with Gasteiger partial charge in [0, 0.05) is 31.7 Å². The average Bonchev–Trinajstić information content (AvgIpc) is 2.93. The maximum absolute atomic E-state index is 13.2. The number of ether oxygens (including phenoxy) is 1. The number of carbonyl (C=O) groups excluding carboxylic acids is 1. The summed E-state index contributed by atoms with van der Waals surface area (Å²) < 4.78 is 6.33. The lowest BCUT2D eigenvalue weighted by Crippen LogP contribution is -2.49. The van der Waals surface area contributed by atoms with E-state index in [1.54, 1.807) is 25.2 Å². The summed E-state index contributed by atoms with van der Waals surface area (Å²) in [5.41, 5.74) is 0.734. The van der Waals surface area contributed by atoms with E-state index in [1.165, 1.54) is 17.4 Å². The van der Waals surface area contributed by atoms with Gasteiger partial charge in [-0.15, -0.1) is 0 Å². The first-order valence-corrected chi connectivity index (χ1v) is 13.7. The van der Waals surface area contributed by atoms with Crippen molar-refractivity contribution in [3.05, 3.63) is 70.3 Å². The Morgan fingerprint density at radius 2 is 1.82 bits per heavy atom. The minimum atomic E-state index is -2.40. The zero-order chi connectivity index (χ0) is 27.3. The lowest BCUT2D eigenvalue weighted by atomic mass is 9.81. The molecule has 0 aromatic heterocycles. The number of aliphatic hydroxyl groups is 1. The second-order valence-corrected chi connectivity index (χ2v) is 10.7. The number of fused-ring (bicyclic) bond motifs is 2. The highest BCUT2D eigenvalue weighted by Gasteiger charge is 2.48. The van der Waals surface area contributed by atoms with Crippen LogP contribution in [-0.2, 0) is 28.2 Å². The summed E-state index contributed by atoms with van der Waals surface area (Å²) in [6, 6.07) is 10.8. The molecule has 2 atom stereocenters. The van der Waals surface area contributed by atoms with Crippen LogP contribution in [0.2, 0.25) is 5.02 Å². The lowest BCUT2D eigenvalue weighted by molar-refractivity contribution is -0.172. The molecule has 2 bridgehead atoms. The van der Waals surface area contributed by atoms with Crippen molar-refractivity contribution >= 4 is 29.2 Å². The number of halogens is 1. The molecule has 8 heteroatoms. The van der Waals surface area contributed by atoms with Crippen LogP contribution in [0.25, 0.3) is 0 Å². The van der Waals surface area contributed by atoms with E-state index < -0.39 is 23.4 Å². The van der Waals surface area contributed by atoms with Crippen LogP contribution in [-0.4, -0.2) is 53.7 Å². The van der Waals surface area contributed by atoms with Crippen molar-refractivity contribution in [1.29, 1.82) is 0 Å². The number of hydrogen-bond acceptors (Lipinski definition) is 5. The number of allylic oxidation sites excluding steroid dienone is 1. The summed E-state index contributed by atoms with van der Waals surface area (Å²) in [4.78, 5) is 29.4. The Bertz CT molecular complexity index is 1200. The summed E-state index contributed by atoms with van der Waals surface area (Å²) in [5.74, 6) is -2.48. The number of carbonyl (C=O) groups is 2. The van der Waals surface area contributed by atoms with Gasteiger partial charge in [-0.25, -0.2) is 4.79 Å². The number of likely N-dealkylation sites (N-methyl/N-ethyl adjacent to an activating group) is 1. The Morgan fingerprint density at radius 3 is 2.58 bits per heavy atom. The molecule has 1 amide bonds. The van der Waals surface area contributed by atoms with Crippen LogP contribution in [0.4, 0.5) is 5.69 Å². The van der Waals surface area contributed by atoms with Crippen molar-refractivity contribution in [1.82, 2.24) is 4.90 Å². The topological polar surface area (TPSA) is 90.3 Å². The first kappa shape index (κ1) is 28.0. The third-order valence-electron chi connectivity index (χ3n) is 7.71. The minimum Gasteiger partial charge on any atom is -0.487 e. The summed E-state index contributed by atoms with van der Waals surface area (Å²) >= 11 is 6.27. The van der Waals surface area contributed by atoms with Crippen LogP contribution in [0.3, 0.4) is 0 Å². The molecular weight excluding hydrogens is 504 g/mol. The van der Waals surface area contributed by atoms with E-state index >= 15 is 0 Å². The van der Waals surface area contributed by atoms with E-state index in [4.69, 9.17) is 16.3 Å². The highest BCUT2D eigenvalue weighted by Crippen LogP contribution is 2.39. The SMILES string of the molecule is C[C@@H]1C(=O)N(C)C/C=C/CCCCN2CCCCc3cc(Cl)ccc3COc3ccc(cc32)[C@]1(O)C(=O)O. The molecular formula is C30H37ClN2O5. The van der Waals surface area contributed by atoms with E-state index in [1.807, 2.05) is 24.3 Å². The van der Waals surface area contributed by atoms with Crippen LogP contribution in [0.5, 0.6) is 5.75 Å². The number of aryl methyl sites for hydroxylation is 1. The van der Waals surface area contributed by atoms with Crippen LogP contribution in [0, 0.1) is 5.92 Å². The molecule has 4 rings (SSSR count). The van der Waals surface area contributed by atoms with Gasteiger partial charge in [0.1, 0.15) is 12.4 Å². The lowest BCUT2D eigenvalue weighted by Gasteiger charge is -2.34. The molecule has 7 nitrogen and oxygen atoms in total. The quantitative estimate of drug-likeness (QED) is 0.485. The number of rotatable bonds is 1. The number of amides is 1. The fourth-order valence-corrected chi connectivity index (χ4v) is 5.49. The Morgan fingerprint density at radius 1 is 1.05 bits per heavy atom. The summed E-state index contributed by atoms with van der Waals surface area (Å²) in [6.45, 7) is 3.71. The standard InChI is InChI=1S/C30H37ClN2O5/c1-21-28(34)32(2)15-7-4-3-5-8-16-33-17-9-6-10-22-18-25(31)13-11-23(22)20-38-27-14-12-24(19-26(27)33)30(21,37)29(35)36/h4,7,11-14,18-19,21,37H,3,5-6,8-10,15-17,20H2,1-2H3,(H,35,36)/b7-4+/t21-,30+/m1/s1. The van der Waals surface area contributed by atoms with Crippen molar-refractivity contribution in [3.63, 3.8) is 0 Å². The van der Waals surface area contributed by atoms with Crippen LogP contribution >= 0.6 is 11.6 Å². The number of carboxylic acid groups (broad SMARTS) is 1. The largest absolute Gasteiger partial charge is 0.487 e. The number of aliphatic carboxylic acids is 1. The molecule has 0 saturated heterocycles. The predicted octanol–water partition coefficient (Wildman–Crippen LogP) is 5.17. The molecule has 204 valence electrons. The predicted molar refractivity (Wildman–Crippen MR) is 149 cm³/mol. The van der Waals surface area contributed by atoms with Crippen LogP contribution < -0.4 is 9.64 Å². The van der Waals surface area contributed by atoms with Crippen LogP contribution in [0.15, 0.2) is 48.6 Å². The van der Waals surface area contributed by atoms with Crippen molar-refractivity contribution in [2.24, 2.45) is 5.92 Å². The molecule has 0 saturated carbocycles. The average molecular weight is 541 g/mol. The fraction of sp³-hybridized carbons (Fsp3) is 0.467. The van der Waals surface area contributed by atoms with Crippen molar-refractivity contribution in [3.8, 4) is 5.75 Å². The summed E-state index contributed by atoms with van der Waals surface area (Å²) in [7, 11) is 1.63. The van der Waals surface area contributed by atoms with Gasteiger partial charge in [-0.2, -0.15) is 0 Å². The molecule has 2 aromatic carbocycles. The third-order valence-corrected chi connectivity index (χ3v) is 7.94. The third kappa shape index (κ3) is 6.00. The smallest absolute Gasteiger partial charge is 0.341 e. The summed E-state index contributed by atoms with van der Waals surface area (Å²) in [6.07, 6.45) is 9.60. The Hall–Kier alpha value is -3.03. The molecule has 2 aromatic rings. The molecule has 2 N–H and O–H groups in total. The Balaban J connectivity index is 1.80. The van der Waals surface area contributed by atoms with Crippen molar-refractivity contribution < 1.29 is 24.5 Å². The maximum atomic E-state index is 13.2. The number of hydrogen-bond donors (Lipinski definition) is 2. The van der Waals surface area contributed by atoms with Gasteiger partial charge in [0.25, 0.3) is 0 Å². The molecule has 38 heavy (non-hydrogen) atoms. The highest BCUT2D eigenvalue weighted by atomic mass is 35.5. The van der Waals surface area contributed by atoms with E-state index in [2.05, 4.69) is 11.0 Å². The van der Waals surface area contributed by atoms with E-state index in [9.17, 15) is 19.8 Å². The maximum Gasteiger partial charge on any atom is 0.341 e. The van der Waals surface area contributed by atoms with Gasteiger partial charge >= 0.3 is 5.97 Å². The van der Waals surface area contributed by atoms with E-state index in [0.717, 1.165) is 62.9 Å². The molecule has 0 radical (unpaired) electrons. The van der Waals surface area contributed by atoms with Crippen molar-refractivity contribution in [2.75, 3.05) is 31.6 Å². The molecule has 0 spiro atoms. The van der Waals surface area contributed by atoms with Gasteiger partial charge in [0.05, 0.1) is 11.6 Å². The first-order valence-electron chi connectivity index (χ1n) is 13.4. The highest BCUT2D eigenvalue weighted by molar-refractivity contribution is 6.30. The zero-order valence-corrected chi connectivity index (χ0v) is 22.9. The second kappa shape index (κ2) is 12.2. The van der Waals surface area contributed by atoms with E-state index in [0.29, 0.717) is 23.9 Å². The first-order chi connectivity index (χ1) is 18.2. The molecule has 0 fully saturated rings. The monoisotopic (exact) mass is 540 g/mol. The summed E-state index contributed by atoms with van der Waals surface area (Å²) in [5, 5.41) is 22.5. The number of carboxylic acids is 1. The molecule has 2 aliphatic rings. The fourth-order valence-electron chi connectivity index (χ4n) is 5.29. The zero-order valence-electron chi connectivity index (χ0n) is 22.2. The van der Waals surface area contributed by atoms with Gasteiger partial charge in [-0.1, -0.05) is 35.9 Å². The minimum absolute atomic E-state index is 0.166. The number of anilines is 1. The Labute approximate surface area is 229 Å². The molecule has 2 heterocycles.